The second kappa shape index (κ2) is 14.1. The fourth-order valence-corrected chi connectivity index (χ4v) is 6.75. The third kappa shape index (κ3) is 8.16. The maximum atomic E-state index is 14.2. The van der Waals surface area contributed by atoms with Crippen LogP contribution in [0.4, 0.5) is 0 Å². The Balaban J connectivity index is 1.55. The number of esters is 1. The maximum Gasteiger partial charge on any atom is 0.406 e. The summed E-state index contributed by atoms with van der Waals surface area (Å²) >= 11 is 0. The van der Waals surface area contributed by atoms with Crippen LogP contribution in [0.1, 0.15) is 55.9 Å². The Labute approximate surface area is 236 Å². The van der Waals surface area contributed by atoms with E-state index in [4.69, 9.17) is 24.1 Å². The Kier molecular flexibility index (Phi) is 10.5. The molecule has 1 aliphatic heterocycles. The average molecular weight is 591 g/mol. The Morgan fingerprint density at radius 1 is 1.27 bits per heavy atom. The number of rotatable bonds is 12. The standard InChI is InChI=1S/C26H35N6O8P/c1-17-15-32(26(35)28-24(17)33)23-14-20(29-31-27)22(39-23)16-38-41(36,40-19-11-7-4-8-12-19)30-21(25(34)37-2)13-18-9-5-3-6-10-18/h3,5-6,9-10,15,19-23H,4,7-8,11-14,16H2,1-2H3,(H,30,36)(H,28,33,35)/t20-,21-,22+,23+,41?/m0/s1. The normalized spacial score (nSPS) is 23.3. The summed E-state index contributed by atoms with van der Waals surface area (Å²) in [5.74, 6) is -0.637. The van der Waals surface area contributed by atoms with Crippen LogP contribution in [0.2, 0.25) is 0 Å². The number of carbonyl (C=O) groups excluding carboxylic acids is 1. The number of azide groups is 1. The van der Waals surface area contributed by atoms with E-state index in [0.29, 0.717) is 18.4 Å². The molecule has 222 valence electrons. The van der Waals surface area contributed by atoms with Crippen LogP contribution in [0.5, 0.6) is 0 Å². The molecule has 0 bridgehead atoms. The van der Waals surface area contributed by atoms with Gasteiger partial charge in [0.2, 0.25) is 0 Å². The van der Waals surface area contributed by atoms with Crippen molar-refractivity contribution in [2.45, 2.75) is 82.4 Å². The summed E-state index contributed by atoms with van der Waals surface area (Å²) in [6.45, 7) is 1.22. The molecular formula is C26H35N6O8P. The Hall–Kier alpha value is -3.25. The first-order valence-corrected chi connectivity index (χ1v) is 15.1. The van der Waals surface area contributed by atoms with Crippen LogP contribution in [0.3, 0.4) is 0 Å². The Bertz CT molecular complexity index is 1400. The minimum atomic E-state index is -4.14. The van der Waals surface area contributed by atoms with Crippen molar-refractivity contribution in [2.75, 3.05) is 13.7 Å². The SMILES string of the molecule is COC(=O)[C@H](Cc1ccccc1)NP(=O)(OC[C@H]1O[C@@H](n2cc(C)c(=O)[nH]c2=O)C[C@@H]1N=[N+]=[N-])OC1CCCCC1. The van der Waals surface area contributed by atoms with Gasteiger partial charge in [-0.3, -0.25) is 28.2 Å². The molecule has 1 unspecified atom stereocenters. The first-order chi connectivity index (χ1) is 19.7. The van der Waals surface area contributed by atoms with E-state index < -0.39 is 49.4 Å². The lowest BCUT2D eigenvalue weighted by Gasteiger charge is -2.30. The Morgan fingerprint density at radius 3 is 2.68 bits per heavy atom. The van der Waals surface area contributed by atoms with Crippen molar-refractivity contribution < 1.29 is 27.9 Å². The van der Waals surface area contributed by atoms with Gasteiger partial charge in [-0.05, 0) is 37.3 Å². The van der Waals surface area contributed by atoms with E-state index in [1.54, 1.807) is 6.92 Å². The quantitative estimate of drug-likeness (QED) is 0.122. The number of aromatic amines is 1. The second-order valence-electron chi connectivity index (χ2n) is 10.2. The number of hydrogen-bond donors (Lipinski definition) is 2. The number of aryl methyl sites for hydroxylation is 1. The van der Waals surface area contributed by atoms with Crippen LogP contribution in [0, 0.1) is 6.92 Å². The van der Waals surface area contributed by atoms with Crippen molar-refractivity contribution in [2.24, 2.45) is 5.11 Å². The summed E-state index contributed by atoms with van der Waals surface area (Å²) in [6.07, 6.45) is 3.80. The van der Waals surface area contributed by atoms with Gasteiger partial charge in [0.15, 0.2) is 0 Å². The highest BCUT2D eigenvalue weighted by molar-refractivity contribution is 7.51. The van der Waals surface area contributed by atoms with Crippen molar-refractivity contribution in [3.63, 3.8) is 0 Å². The Morgan fingerprint density at radius 2 is 2.00 bits per heavy atom. The molecule has 0 amide bonds. The van der Waals surface area contributed by atoms with Gasteiger partial charge in [0.1, 0.15) is 12.3 Å². The molecule has 0 spiro atoms. The van der Waals surface area contributed by atoms with E-state index in [9.17, 15) is 18.9 Å². The molecule has 4 rings (SSSR count). The zero-order valence-corrected chi connectivity index (χ0v) is 23.9. The first-order valence-electron chi connectivity index (χ1n) is 13.6. The minimum absolute atomic E-state index is 0.115. The van der Waals surface area contributed by atoms with E-state index >= 15 is 0 Å². The lowest BCUT2D eigenvalue weighted by atomic mass is 9.98. The fourth-order valence-electron chi connectivity index (χ4n) is 5.02. The molecule has 1 saturated heterocycles. The third-order valence-electron chi connectivity index (χ3n) is 7.19. The smallest absolute Gasteiger partial charge is 0.406 e. The summed E-state index contributed by atoms with van der Waals surface area (Å²) in [5, 5.41) is 6.58. The number of carbonyl (C=O) groups is 1. The van der Waals surface area contributed by atoms with E-state index in [2.05, 4.69) is 20.1 Å². The largest absolute Gasteiger partial charge is 0.468 e. The van der Waals surface area contributed by atoms with Gasteiger partial charge in [0, 0.05) is 23.1 Å². The van der Waals surface area contributed by atoms with Crippen molar-refractivity contribution in [3.05, 3.63) is 78.9 Å². The highest BCUT2D eigenvalue weighted by atomic mass is 31.2. The van der Waals surface area contributed by atoms with Crippen LogP contribution in [-0.4, -0.2) is 53.5 Å². The molecule has 1 saturated carbocycles. The molecule has 5 atom stereocenters. The molecule has 15 heteroatoms. The molecule has 1 aliphatic carbocycles. The molecule has 2 heterocycles. The van der Waals surface area contributed by atoms with Crippen LogP contribution in [0.25, 0.3) is 10.4 Å². The molecule has 1 aromatic carbocycles. The zero-order valence-electron chi connectivity index (χ0n) is 23.0. The summed E-state index contributed by atoms with van der Waals surface area (Å²) < 4.78 is 38.3. The highest BCUT2D eigenvalue weighted by Gasteiger charge is 2.41. The number of H-pyrrole nitrogens is 1. The topological polar surface area (TPSA) is 187 Å². The lowest BCUT2D eigenvalue weighted by molar-refractivity contribution is -0.142. The zero-order chi connectivity index (χ0) is 29.4. The number of methoxy groups -OCH3 is 1. The monoisotopic (exact) mass is 590 g/mol. The predicted molar refractivity (Wildman–Crippen MR) is 148 cm³/mol. The maximum absolute atomic E-state index is 14.2. The third-order valence-corrected chi connectivity index (χ3v) is 8.88. The second-order valence-corrected chi connectivity index (χ2v) is 11.9. The molecule has 41 heavy (non-hydrogen) atoms. The summed E-state index contributed by atoms with van der Waals surface area (Å²) in [6, 6.07) is 7.37. The molecular weight excluding hydrogens is 555 g/mol. The fraction of sp³-hybridized carbons (Fsp3) is 0.577. The molecule has 2 N–H and O–H groups in total. The lowest BCUT2D eigenvalue weighted by Crippen LogP contribution is -2.40. The van der Waals surface area contributed by atoms with Gasteiger partial charge in [-0.2, -0.15) is 0 Å². The van der Waals surface area contributed by atoms with Crippen molar-refractivity contribution in [1.29, 1.82) is 0 Å². The van der Waals surface area contributed by atoms with Crippen molar-refractivity contribution in [1.82, 2.24) is 14.6 Å². The minimum Gasteiger partial charge on any atom is -0.468 e. The van der Waals surface area contributed by atoms with Crippen LogP contribution in [0.15, 0.2) is 51.2 Å². The molecule has 0 radical (unpaired) electrons. The van der Waals surface area contributed by atoms with Crippen LogP contribution < -0.4 is 16.3 Å². The molecule has 2 fully saturated rings. The summed E-state index contributed by atoms with van der Waals surface area (Å²) in [5.41, 5.74) is 9.05. The van der Waals surface area contributed by atoms with Gasteiger partial charge in [-0.15, -0.1) is 0 Å². The number of ether oxygens (including phenoxy) is 2. The van der Waals surface area contributed by atoms with Gasteiger partial charge in [-0.1, -0.05) is 54.7 Å². The highest BCUT2D eigenvalue weighted by Crippen LogP contribution is 2.49. The van der Waals surface area contributed by atoms with Crippen LogP contribution >= 0.6 is 7.75 Å². The van der Waals surface area contributed by atoms with E-state index in [1.807, 2.05) is 30.3 Å². The van der Waals surface area contributed by atoms with Crippen molar-refractivity contribution in [3.8, 4) is 0 Å². The van der Waals surface area contributed by atoms with Crippen molar-refractivity contribution >= 4 is 13.7 Å². The summed E-state index contributed by atoms with van der Waals surface area (Å²) in [4.78, 5) is 42.1. The predicted octanol–water partition coefficient (Wildman–Crippen LogP) is 3.66. The number of nitrogens with zero attached hydrogens (tertiary/aromatic N) is 4. The first kappa shape index (κ1) is 30.7. The van der Waals surface area contributed by atoms with Gasteiger partial charge in [0.25, 0.3) is 5.56 Å². The number of hydrogen-bond acceptors (Lipinski definition) is 9. The van der Waals surface area contributed by atoms with Crippen LogP contribution in [-0.2, 0) is 34.3 Å². The van der Waals surface area contributed by atoms with E-state index in [1.165, 1.54) is 17.9 Å². The van der Waals surface area contributed by atoms with E-state index in [-0.39, 0.29) is 25.6 Å². The van der Waals surface area contributed by atoms with Gasteiger partial charge in [-0.25, -0.2) is 14.4 Å². The molecule has 1 aromatic heterocycles. The van der Waals surface area contributed by atoms with Gasteiger partial charge >= 0.3 is 19.4 Å². The molecule has 14 nitrogen and oxygen atoms in total. The van der Waals surface area contributed by atoms with Gasteiger partial charge in [0.05, 0.1) is 32.0 Å². The average Bonchev–Trinajstić information content (AvgIpc) is 3.37. The van der Waals surface area contributed by atoms with E-state index in [0.717, 1.165) is 24.8 Å². The molecule has 2 aliphatic rings. The number of aromatic nitrogens is 2. The van der Waals surface area contributed by atoms with Gasteiger partial charge < -0.3 is 9.47 Å². The number of benzene rings is 1. The number of nitrogens with one attached hydrogen (secondary N) is 2. The summed E-state index contributed by atoms with van der Waals surface area (Å²) in [7, 11) is -2.90. The molecule has 2 aromatic rings.